The van der Waals surface area contributed by atoms with E-state index in [-0.39, 0.29) is 5.56 Å². The molecule has 0 spiro atoms. The minimum atomic E-state index is -4.37. The second-order valence-corrected chi connectivity index (χ2v) is 5.94. The molecule has 3 nitrogen and oxygen atoms in total. The standard InChI is InChI=1S/C14H18F3N3/c1-19-5-11-8-20(9-12(11)6-19)7-10-3-2-4-18-13(10)14(15,16)17/h2-4,11-12H,5-9H2,1H3. The van der Waals surface area contributed by atoms with Gasteiger partial charge in [-0.2, -0.15) is 13.2 Å². The molecule has 20 heavy (non-hydrogen) atoms. The lowest BCUT2D eigenvalue weighted by atomic mass is 10.0. The van der Waals surface area contributed by atoms with Crippen molar-refractivity contribution in [3.05, 3.63) is 29.6 Å². The first kappa shape index (κ1) is 13.8. The highest BCUT2D eigenvalue weighted by Gasteiger charge is 2.40. The Morgan fingerprint density at radius 1 is 1.20 bits per heavy atom. The van der Waals surface area contributed by atoms with Crippen molar-refractivity contribution in [1.82, 2.24) is 14.8 Å². The molecular weight excluding hydrogens is 267 g/mol. The van der Waals surface area contributed by atoms with Crippen LogP contribution >= 0.6 is 0 Å². The summed E-state index contributed by atoms with van der Waals surface area (Å²) < 4.78 is 38.7. The third-order valence-electron chi connectivity index (χ3n) is 4.30. The summed E-state index contributed by atoms with van der Waals surface area (Å²) in [5.74, 6) is 1.21. The predicted molar refractivity (Wildman–Crippen MR) is 69.0 cm³/mol. The Hall–Kier alpha value is -1.14. The SMILES string of the molecule is CN1CC2CN(Cc3cccnc3C(F)(F)F)CC2C1. The molecular formula is C14H18F3N3. The van der Waals surface area contributed by atoms with Gasteiger partial charge in [-0.25, -0.2) is 0 Å². The van der Waals surface area contributed by atoms with Crippen molar-refractivity contribution >= 4 is 0 Å². The minimum Gasteiger partial charge on any atom is -0.306 e. The van der Waals surface area contributed by atoms with E-state index in [9.17, 15) is 13.2 Å². The van der Waals surface area contributed by atoms with Crippen LogP contribution in [0.4, 0.5) is 13.2 Å². The molecule has 0 bridgehead atoms. The van der Waals surface area contributed by atoms with E-state index in [1.807, 2.05) is 0 Å². The lowest BCUT2D eigenvalue weighted by Crippen LogP contribution is -2.27. The summed E-state index contributed by atoms with van der Waals surface area (Å²) in [5, 5.41) is 0. The number of halogens is 3. The second-order valence-electron chi connectivity index (χ2n) is 5.94. The largest absolute Gasteiger partial charge is 0.433 e. The molecule has 3 heterocycles. The minimum absolute atomic E-state index is 0.285. The Balaban J connectivity index is 1.71. The number of nitrogens with zero attached hydrogens (tertiary/aromatic N) is 3. The molecule has 2 aliphatic heterocycles. The van der Waals surface area contributed by atoms with Crippen molar-refractivity contribution in [3.8, 4) is 0 Å². The maximum Gasteiger partial charge on any atom is 0.433 e. The van der Waals surface area contributed by atoms with Gasteiger partial charge in [-0.05, 0) is 30.5 Å². The topological polar surface area (TPSA) is 19.4 Å². The summed E-state index contributed by atoms with van der Waals surface area (Å²) in [4.78, 5) is 7.95. The molecule has 0 amide bonds. The Kier molecular flexibility index (Phi) is 3.46. The van der Waals surface area contributed by atoms with Crippen LogP contribution in [-0.2, 0) is 12.7 Å². The number of rotatable bonds is 2. The van der Waals surface area contributed by atoms with Gasteiger partial charge < -0.3 is 4.90 Å². The first-order valence-electron chi connectivity index (χ1n) is 6.85. The van der Waals surface area contributed by atoms with Crippen molar-refractivity contribution in [2.24, 2.45) is 11.8 Å². The Morgan fingerprint density at radius 3 is 2.45 bits per heavy atom. The number of alkyl halides is 3. The van der Waals surface area contributed by atoms with Crippen molar-refractivity contribution in [2.75, 3.05) is 33.2 Å². The maximum absolute atomic E-state index is 12.9. The van der Waals surface area contributed by atoms with E-state index in [1.54, 1.807) is 6.07 Å². The zero-order chi connectivity index (χ0) is 14.3. The molecule has 2 unspecified atom stereocenters. The quantitative estimate of drug-likeness (QED) is 0.829. The smallest absolute Gasteiger partial charge is 0.306 e. The summed E-state index contributed by atoms with van der Waals surface area (Å²) in [6, 6.07) is 3.12. The Bertz CT molecular complexity index is 475. The van der Waals surface area contributed by atoms with Gasteiger partial charge >= 0.3 is 6.18 Å². The second kappa shape index (κ2) is 5.00. The zero-order valence-corrected chi connectivity index (χ0v) is 11.4. The Labute approximate surface area is 116 Å². The fourth-order valence-corrected chi connectivity index (χ4v) is 3.52. The van der Waals surface area contributed by atoms with Gasteiger partial charge in [-0.1, -0.05) is 6.07 Å². The molecule has 110 valence electrons. The van der Waals surface area contributed by atoms with Crippen LogP contribution in [0.15, 0.2) is 18.3 Å². The third-order valence-corrected chi connectivity index (χ3v) is 4.30. The highest BCUT2D eigenvalue weighted by molar-refractivity contribution is 5.22. The average Bonchev–Trinajstić information content (AvgIpc) is 2.85. The molecule has 2 saturated heterocycles. The average molecular weight is 285 g/mol. The molecule has 2 atom stereocenters. The van der Waals surface area contributed by atoms with Gasteiger partial charge in [-0.3, -0.25) is 9.88 Å². The summed E-state index contributed by atoms with van der Waals surface area (Å²) in [6.45, 7) is 4.24. The first-order chi connectivity index (χ1) is 9.43. The van der Waals surface area contributed by atoms with Crippen molar-refractivity contribution in [2.45, 2.75) is 12.7 Å². The van der Waals surface area contributed by atoms with Crippen molar-refractivity contribution < 1.29 is 13.2 Å². The van der Waals surface area contributed by atoms with Crippen LogP contribution in [0.1, 0.15) is 11.3 Å². The molecule has 0 saturated carbocycles. The molecule has 3 rings (SSSR count). The predicted octanol–water partition coefficient (Wildman–Crippen LogP) is 2.09. The summed E-state index contributed by atoms with van der Waals surface area (Å²) in [6.07, 6.45) is -3.16. The van der Waals surface area contributed by atoms with E-state index < -0.39 is 11.9 Å². The van der Waals surface area contributed by atoms with Gasteiger partial charge in [0.2, 0.25) is 0 Å². The van der Waals surface area contributed by atoms with Crippen LogP contribution in [-0.4, -0.2) is 48.0 Å². The number of likely N-dealkylation sites (tertiary alicyclic amines) is 2. The van der Waals surface area contributed by atoms with Gasteiger partial charge in [0, 0.05) is 38.9 Å². The van der Waals surface area contributed by atoms with Crippen LogP contribution in [0.5, 0.6) is 0 Å². The van der Waals surface area contributed by atoms with Crippen molar-refractivity contribution in [1.29, 1.82) is 0 Å². The van der Waals surface area contributed by atoms with Crippen LogP contribution in [0, 0.1) is 11.8 Å². The third kappa shape index (κ3) is 2.67. The molecule has 0 radical (unpaired) electrons. The maximum atomic E-state index is 12.9. The van der Waals surface area contributed by atoms with Crippen LogP contribution in [0.2, 0.25) is 0 Å². The summed E-state index contributed by atoms with van der Waals surface area (Å²) in [5.41, 5.74) is -0.456. The molecule has 6 heteroatoms. The van der Waals surface area contributed by atoms with E-state index in [2.05, 4.69) is 21.8 Å². The van der Waals surface area contributed by atoms with E-state index >= 15 is 0 Å². The zero-order valence-electron chi connectivity index (χ0n) is 11.4. The van der Waals surface area contributed by atoms with E-state index in [0.29, 0.717) is 18.4 Å². The Morgan fingerprint density at radius 2 is 1.85 bits per heavy atom. The molecule has 2 aliphatic rings. The van der Waals surface area contributed by atoms with Crippen LogP contribution in [0.3, 0.4) is 0 Å². The summed E-state index contributed by atoms with van der Waals surface area (Å²) in [7, 11) is 2.10. The number of aromatic nitrogens is 1. The van der Waals surface area contributed by atoms with E-state index in [1.165, 1.54) is 12.3 Å². The van der Waals surface area contributed by atoms with Gasteiger partial charge in [-0.15, -0.1) is 0 Å². The molecule has 0 N–H and O–H groups in total. The van der Waals surface area contributed by atoms with E-state index in [0.717, 1.165) is 26.2 Å². The number of pyridine rings is 1. The van der Waals surface area contributed by atoms with Gasteiger partial charge in [0.05, 0.1) is 0 Å². The van der Waals surface area contributed by atoms with Gasteiger partial charge in [0.1, 0.15) is 5.69 Å². The fourth-order valence-electron chi connectivity index (χ4n) is 3.52. The van der Waals surface area contributed by atoms with Gasteiger partial charge in [0.15, 0.2) is 0 Å². The molecule has 1 aromatic heterocycles. The molecule has 0 aliphatic carbocycles. The number of fused-ring (bicyclic) bond motifs is 1. The van der Waals surface area contributed by atoms with Gasteiger partial charge in [0.25, 0.3) is 0 Å². The monoisotopic (exact) mass is 285 g/mol. The highest BCUT2D eigenvalue weighted by atomic mass is 19.4. The number of hydrogen-bond acceptors (Lipinski definition) is 3. The highest BCUT2D eigenvalue weighted by Crippen LogP contribution is 2.34. The fraction of sp³-hybridized carbons (Fsp3) is 0.643. The first-order valence-corrected chi connectivity index (χ1v) is 6.85. The molecule has 1 aromatic rings. The van der Waals surface area contributed by atoms with E-state index in [4.69, 9.17) is 0 Å². The molecule has 0 aromatic carbocycles. The normalized spacial score (nSPS) is 28.0. The molecule has 2 fully saturated rings. The lowest BCUT2D eigenvalue weighted by Gasteiger charge is -2.20. The van der Waals surface area contributed by atoms with Crippen LogP contribution in [0.25, 0.3) is 0 Å². The van der Waals surface area contributed by atoms with Crippen LogP contribution < -0.4 is 0 Å². The lowest BCUT2D eigenvalue weighted by molar-refractivity contribution is -0.142. The number of hydrogen-bond donors (Lipinski definition) is 0. The van der Waals surface area contributed by atoms with Crippen molar-refractivity contribution in [3.63, 3.8) is 0 Å². The summed E-state index contributed by atoms with van der Waals surface area (Å²) >= 11 is 0.